The third kappa shape index (κ3) is 2.62. The molecule has 1 aliphatic carbocycles. The first-order valence-corrected chi connectivity index (χ1v) is 7.59. The van der Waals surface area contributed by atoms with Gasteiger partial charge in [0.2, 0.25) is 0 Å². The normalized spacial score (nSPS) is 23.9. The minimum atomic E-state index is -0.932. The molecule has 22 heavy (non-hydrogen) atoms. The monoisotopic (exact) mass is 316 g/mol. The Bertz CT molecular complexity index is 733. The van der Waals surface area contributed by atoms with Gasteiger partial charge in [0.15, 0.2) is 0 Å². The SMILES string of the molecule is Cc1ccc(C2(O)CC(c3cccc(C(=O)O)c3)C2)c(Cl)c1. The fraction of sp³-hybridized carbons (Fsp3) is 0.278. The van der Waals surface area contributed by atoms with E-state index in [4.69, 9.17) is 16.7 Å². The highest BCUT2D eigenvalue weighted by Crippen LogP contribution is 2.52. The van der Waals surface area contributed by atoms with Gasteiger partial charge in [-0.25, -0.2) is 4.79 Å². The highest BCUT2D eigenvalue weighted by Gasteiger charge is 2.45. The summed E-state index contributed by atoms with van der Waals surface area (Å²) < 4.78 is 0. The third-order valence-electron chi connectivity index (χ3n) is 4.40. The van der Waals surface area contributed by atoms with Crippen LogP contribution in [0.15, 0.2) is 42.5 Å². The van der Waals surface area contributed by atoms with E-state index in [2.05, 4.69) is 0 Å². The van der Waals surface area contributed by atoms with Crippen LogP contribution in [0.3, 0.4) is 0 Å². The second-order valence-corrected chi connectivity index (χ2v) is 6.46. The largest absolute Gasteiger partial charge is 0.478 e. The average Bonchev–Trinajstić information content (AvgIpc) is 2.44. The minimum absolute atomic E-state index is 0.154. The Balaban J connectivity index is 1.81. The molecule has 2 N–H and O–H groups in total. The first-order chi connectivity index (χ1) is 10.4. The number of aryl methyl sites for hydroxylation is 1. The standard InChI is InChI=1S/C18H17ClO3/c1-11-5-6-15(16(19)7-11)18(22)9-14(10-18)12-3-2-4-13(8-12)17(20)21/h2-8,14,22H,9-10H2,1H3,(H,20,21). The molecule has 3 rings (SSSR count). The van der Waals surface area contributed by atoms with E-state index in [9.17, 15) is 9.90 Å². The van der Waals surface area contributed by atoms with Crippen molar-refractivity contribution < 1.29 is 15.0 Å². The van der Waals surface area contributed by atoms with Gasteiger partial charge in [-0.15, -0.1) is 0 Å². The van der Waals surface area contributed by atoms with E-state index in [-0.39, 0.29) is 11.5 Å². The van der Waals surface area contributed by atoms with Crippen molar-refractivity contribution in [1.29, 1.82) is 0 Å². The van der Waals surface area contributed by atoms with Crippen LogP contribution in [0.1, 0.15) is 45.8 Å². The maximum Gasteiger partial charge on any atom is 0.335 e. The van der Waals surface area contributed by atoms with E-state index in [1.807, 2.05) is 31.2 Å². The Labute approximate surface area is 134 Å². The second-order valence-electron chi connectivity index (χ2n) is 6.05. The van der Waals surface area contributed by atoms with E-state index in [0.717, 1.165) is 16.7 Å². The molecule has 0 spiro atoms. The van der Waals surface area contributed by atoms with Crippen LogP contribution in [0.25, 0.3) is 0 Å². The van der Waals surface area contributed by atoms with Crippen molar-refractivity contribution in [3.8, 4) is 0 Å². The van der Waals surface area contributed by atoms with Crippen LogP contribution in [0.2, 0.25) is 5.02 Å². The Kier molecular flexibility index (Phi) is 3.71. The van der Waals surface area contributed by atoms with E-state index in [1.165, 1.54) is 0 Å². The Morgan fingerprint density at radius 3 is 2.59 bits per heavy atom. The first kappa shape index (κ1) is 15.1. The summed E-state index contributed by atoms with van der Waals surface area (Å²) in [5, 5.41) is 20.4. The van der Waals surface area contributed by atoms with Gasteiger partial charge in [-0.05, 0) is 55.0 Å². The number of aromatic carboxylic acids is 1. The molecule has 3 nitrogen and oxygen atoms in total. The zero-order valence-corrected chi connectivity index (χ0v) is 13.0. The molecular formula is C18H17ClO3. The van der Waals surface area contributed by atoms with Gasteiger partial charge in [0, 0.05) is 10.6 Å². The van der Waals surface area contributed by atoms with Crippen LogP contribution < -0.4 is 0 Å². The summed E-state index contributed by atoms with van der Waals surface area (Å²) in [5.41, 5.74) is 2.12. The smallest absolute Gasteiger partial charge is 0.335 e. The molecule has 2 aromatic rings. The molecule has 0 radical (unpaired) electrons. The lowest BCUT2D eigenvalue weighted by Crippen LogP contribution is -2.40. The molecule has 0 saturated heterocycles. The second kappa shape index (κ2) is 5.41. The minimum Gasteiger partial charge on any atom is -0.478 e. The van der Waals surface area contributed by atoms with Crippen LogP contribution in [0.4, 0.5) is 0 Å². The number of rotatable bonds is 3. The predicted octanol–water partition coefficient (Wildman–Crippen LogP) is 4.11. The van der Waals surface area contributed by atoms with Gasteiger partial charge in [0.25, 0.3) is 0 Å². The highest BCUT2D eigenvalue weighted by atomic mass is 35.5. The highest BCUT2D eigenvalue weighted by molar-refractivity contribution is 6.31. The van der Waals surface area contributed by atoms with Crippen molar-refractivity contribution in [2.75, 3.05) is 0 Å². The number of hydrogen-bond donors (Lipinski definition) is 2. The fourth-order valence-electron chi connectivity index (χ4n) is 3.13. The lowest BCUT2D eigenvalue weighted by molar-refractivity contribution is -0.0549. The van der Waals surface area contributed by atoms with Crippen LogP contribution >= 0.6 is 11.6 Å². The van der Waals surface area contributed by atoms with E-state index < -0.39 is 11.6 Å². The molecule has 1 saturated carbocycles. The molecule has 114 valence electrons. The van der Waals surface area contributed by atoms with Crippen molar-refractivity contribution in [2.45, 2.75) is 31.3 Å². The summed E-state index contributed by atoms with van der Waals surface area (Å²) in [7, 11) is 0. The lowest BCUT2D eigenvalue weighted by Gasteiger charge is -2.45. The van der Waals surface area contributed by atoms with Gasteiger partial charge < -0.3 is 10.2 Å². The zero-order chi connectivity index (χ0) is 15.9. The van der Waals surface area contributed by atoms with Crippen molar-refractivity contribution in [3.05, 3.63) is 69.7 Å². The molecule has 0 amide bonds. The number of carbonyl (C=O) groups is 1. The molecule has 0 aliphatic heterocycles. The molecule has 0 aromatic heterocycles. The molecular weight excluding hydrogens is 300 g/mol. The van der Waals surface area contributed by atoms with E-state index >= 15 is 0 Å². The average molecular weight is 317 g/mol. The van der Waals surface area contributed by atoms with Gasteiger partial charge in [-0.2, -0.15) is 0 Å². The Morgan fingerprint density at radius 1 is 1.23 bits per heavy atom. The first-order valence-electron chi connectivity index (χ1n) is 7.21. The van der Waals surface area contributed by atoms with Crippen LogP contribution in [0.5, 0.6) is 0 Å². The molecule has 2 aromatic carbocycles. The van der Waals surface area contributed by atoms with Gasteiger partial charge in [0.1, 0.15) is 0 Å². The molecule has 0 heterocycles. The molecule has 0 atom stereocenters. The summed E-state index contributed by atoms with van der Waals surface area (Å²) in [6.07, 6.45) is 1.11. The fourth-order valence-corrected chi connectivity index (χ4v) is 3.55. The Morgan fingerprint density at radius 2 is 1.95 bits per heavy atom. The number of carboxylic acids is 1. The van der Waals surface area contributed by atoms with Gasteiger partial charge in [-0.1, -0.05) is 35.9 Å². The zero-order valence-electron chi connectivity index (χ0n) is 12.2. The van der Waals surface area contributed by atoms with Crippen molar-refractivity contribution in [3.63, 3.8) is 0 Å². The van der Waals surface area contributed by atoms with Crippen molar-refractivity contribution in [1.82, 2.24) is 0 Å². The summed E-state index contributed by atoms with van der Waals surface area (Å²) in [6.45, 7) is 1.96. The van der Waals surface area contributed by atoms with Crippen LogP contribution in [-0.4, -0.2) is 16.2 Å². The van der Waals surface area contributed by atoms with Gasteiger partial charge in [-0.3, -0.25) is 0 Å². The third-order valence-corrected chi connectivity index (χ3v) is 4.71. The molecule has 0 bridgehead atoms. The van der Waals surface area contributed by atoms with Gasteiger partial charge >= 0.3 is 5.97 Å². The van der Waals surface area contributed by atoms with E-state index in [0.29, 0.717) is 17.9 Å². The Hall–Kier alpha value is -1.84. The quantitative estimate of drug-likeness (QED) is 0.896. The molecule has 1 fully saturated rings. The predicted molar refractivity (Wildman–Crippen MR) is 85.5 cm³/mol. The lowest BCUT2D eigenvalue weighted by atomic mass is 9.65. The summed E-state index contributed by atoms with van der Waals surface area (Å²) in [4.78, 5) is 11.0. The topological polar surface area (TPSA) is 57.5 Å². The summed E-state index contributed by atoms with van der Waals surface area (Å²) >= 11 is 6.25. The van der Waals surface area contributed by atoms with Crippen LogP contribution in [-0.2, 0) is 5.60 Å². The van der Waals surface area contributed by atoms with Crippen molar-refractivity contribution in [2.24, 2.45) is 0 Å². The summed E-state index contributed by atoms with van der Waals surface area (Å²) in [5.74, 6) is -0.778. The van der Waals surface area contributed by atoms with Gasteiger partial charge in [0.05, 0.1) is 11.2 Å². The summed E-state index contributed by atoms with van der Waals surface area (Å²) in [6, 6.07) is 12.6. The number of carboxylic acid groups (broad SMARTS) is 1. The molecule has 4 heteroatoms. The van der Waals surface area contributed by atoms with Crippen molar-refractivity contribution >= 4 is 17.6 Å². The number of benzene rings is 2. The number of aliphatic hydroxyl groups is 1. The number of hydrogen-bond acceptors (Lipinski definition) is 2. The van der Waals surface area contributed by atoms with Crippen LogP contribution in [0, 0.1) is 6.92 Å². The maximum atomic E-state index is 11.0. The maximum absolute atomic E-state index is 11.0. The van der Waals surface area contributed by atoms with E-state index in [1.54, 1.807) is 18.2 Å². The molecule has 0 unspecified atom stereocenters. The molecule has 1 aliphatic rings. The number of halogens is 1.